The van der Waals surface area contributed by atoms with Crippen LogP contribution in [0.2, 0.25) is 0 Å². The minimum Gasteiger partial charge on any atom is -0.497 e. The SMILES string of the molecule is COc1ccc([C@H](O)C(C)(C)COC(C)=O)cc1. The van der Waals surface area contributed by atoms with Gasteiger partial charge in [0.05, 0.1) is 19.8 Å². The molecule has 1 rings (SSSR count). The first-order valence-electron chi connectivity index (χ1n) is 5.82. The lowest BCUT2D eigenvalue weighted by Gasteiger charge is -2.30. The van der Waals surface area contributed by atoms with E-state index in [0.717, 1.165) is 11.3 Å². The molecule has 0 unspecified atom stereocenters. The molecule has 0 radical (unpaired) electrons. The average Bonchev–Trinajstić information content (AvgIpc) is 2.36. The Morgan fingerprint density at radius 3 is 2.33 bits per heavy atom. The lowest BCUT2D eigenvalue weighted by Crippen LogP contribution is -2.28. The number of methoxy groups -OCH3 is 1. The normalized spacial score (nSPS) is 12.9. The molecule has 100 valence electrons. The number of hydrogen-bond acceptors (Lipinski definition) is 4. The molecule has 18 heavy (non-hydrogen) atoms. The maximum absolute atomic E-state index is 10.8. The maximum atomic E-state index is 10.8. The van der Waals surface area contributed by atoms with Crippen molar-refractivity contribution in [3.8, 4) is 5.75 Å². The fraction of sp³-hybridized carbons (Fsp3) is 0.500. The van der Waals surface area contributed by atoms with Gasteiger partial charge >= 0.3 is 5.97 Å². The van der Waals surface area contributed by atoms with Crippen molar-refractivity contribution in [2.24, 2.45) is 5.41 Å². The van der Waals surface area contributed by atoms with Gasteiger partial charge in [0.15, 0.2) is 0 Å². The molecule has 0 aliphatic carbocycles. The molecule has 4 heteroatoms. The second-order valence-electron chi connectivity index (χ2n) is 4.94. The zero-order valence-electron chi connectivity index (χ0n) is 11.3. The molecule has 0 saturated carbocycles. The fourth-order valence-electron chi connectivity index (χ4n) is 1.60. The summed E-state index contributed by atoms with van der Waals surface area (Å²) in [4.78, 5) is 10.8. The van der Waals surface area contributed by atoms with Crippen molar-refractivity contribution >= 4 is 5.97 Å². The molecule has 0 spiro atoms. The van der Waals surface area contributed by atoms with Crippen molar-refractivity contribution in [2.45, 2.75) is 26.9 Å². The number of aliphatic hydroxyl groups is 1. The highest BCUT2D eigenvalue weighted by atomic mass is 16.5. The van der Waals surface area contributed by atoms with Crippen LogP contribution in [0.3, 0.4) is 0 Å². The molecular weight excluding hydrogens is 232 g/mol. The van der Waals surface area contributed by atoms with Gasteiger partial charge in [-0.25, -0.2) is 0 Å². The molecule has 0 amide bonds. The Morgan fingerprint density at radius 2 is 1.89 bits per heavy atom. The van der Waals surface area contributed by atoms with Crippen LogP contribution in [-0.4, -0.2) is 24.8 Å². The van der Waals surface area contributed by atoms with Crippen molar-refractivity contribution in [1.82, 2.24) is 0 Å². The number of aliphatic hydroxyl groups excluding tert-OH is 1. The van der Waals surface area contributed by atoms with E-state index in [2.05, 4.69) is 0 Å². The van der Waals surface area contributed by atoms with Crippen molar-refractivity contribution in [3.63, 3.8) is 0 Å². The summed E-state index contributed by atoms with van der Waals surface area (Å²) in [6.45, 7) is 5.24. The lowest BCUT2D eigenvalue weighted by molar-refractivity contribution is -0.146. The molecule has 1 atom stereocenters. The lowest BCUT2D eigenvalue weighted by atomic mass is 9.83. The standard InChI is InChI=1S/C14H20O4/c1-10(15)18-9-14(2,3)13(16)11-5-7-12(17-4)8-6-11/h5-8,13,16H,9H2,1-4H3/t13-/m0/s1. The van der Waals surface area contributed by atoms with Gasteiger partial charge in [-0.15, -0.1) is 0 Å². The van der Waals surface area contributed by atoms with Gasteiger partial charge in [0.1, 0.15) is 5.75 Å². The van der Waals surface area contributed by atoms with Crippen LogP contribution in [0.15, 0.2) is 24.3 Å². The molecule has 0 heterocycles. The van der Waals surface area contributed by atoms with E-state index < -0.39 is 11.5 Å². The van der Waals surface area contributed by atoms with Crippen molar-refractivity contribution in [2.75, 3.05) is 13.7 Å². The summed E-state index contributed by atoms with van der Waals surface area (Å²) < 4.78 is 10.0. The van der Waals surface area contributed by atoms with E-state index in [9.17, 15) is 9.90 Å². The van der Waals surface area contributed by atoms with Gasteiger partial charge in [-0.2, -0.15) is 0 Å². The van der Waals surface area contributed by atoms with Crippen LogP contribution < -0.4 is 4.74 Å². The third kappa shape index (κ3) is 3.74. The molecule has 4 nitrogen and oxygen atoms in total. The number of rotatable bonds is 5. The molecule has 0 fully saturated rings. The Kier molecular flexibility index (Phi) is 4.73. The molecule has 0 aliphatic heterocycles. The first-order valence-corrected chi connectivity index (χ1v) is 5.82. The van der Waals surface area contributed by atoms with Crippen LogP contribution in [0.1, 0.15) is 32.4 Å². The van der Waals surface area contributed by atoms with Gasteiger partial charge in [0, 0.05) is 12.3 Å². The Labute approximate surface area is 108 Å². The van der Waals surface area contributed by atoms with Crippen molar-refractivity contribution in [3.05, 3.63) is 29.8 Å². The highest BCUT2D eigenvalue weighted by Gasteiger charge is 2.30. The van der Waals surface area contributed by atoms with E-state index in [0.29, 0.717) is 0 Å². The average molecular weight is 252 g/mol. The van der Waals surface area contributed by atoms with E-state index in [1.165, 1.54) is 6.92 Å². The van der Waals surface area contributed by atoms with E-state index in [-0.39, 0.29) is 12.6 Å². The number of carbonyl (C=O) groups excluding carboxylic acids is 1. The van der Waals surface area contributed by atoms with Gasteiger partial charge in [-0.05, 0) is 17.7 Å². The van der Waals surface area contributed by atoms with E-state index in [1.807, 2.05) is 13.8 Å². The van der Waals surface area contributed by atoms with Gasteiger partial charge in [-0.3, -0.25) is 4.79 Å². The number of ether oxygens (including phenoxy) is 2. The summed E-state index contributed by atoms with van der Waals surface area (Å²) in [7, 11) is 1.59. The first-order chi connectivity index (χ1) is 8.36. The highest BCUT2D eigenvalue weighted by molar-refractivity contribution is 5.65. The topological polar surface area (TPSA) is 55.8 Å². The molecule has 1 aromatic carbocycles. The van der Waals surface area contributed by atoms with Crippen LogP contribution in [0.4, 0.5) is 0 Å². The van der Waals surface area contributed by atoms with Crippen LogP contribution in [0.25, 0.3) is 0 Å². The summed E-state index contributed by atoms with van der Waals surface area (Å²) in [5.41, 5.74) is 0.230. The Bertz CT molecular complexity index is 395. The molecule has 0 aliphatic rings. The van der Waals surface area contributed by atoms with Gasteiger partial charge in [0.25, 0.3) is 0 Å². The van der Waals surface area contributed by atoms with Gasteiger partial charge in [-0.1, -0.05) is 26.0 Å². The number of benzene rings is 1. The molecule has 1 N–H and O–H groups in total. The first kappa shape index (κ1) is 14.5. The second kappa shape index (κ2) is 5.87. The predicted octanol–water partition coefficient (Wildman–Crippen LogP) is 2.32. The summed E-state index contributed by atoms with van der Waals surface area (Å²) in [6, 6.07) is 7.19. The Morgan fingerprint density at radius 1 is 1.33 bits per heavy atom. The number of esters is 1. The van der Waals surface area contributed by atoms with Gasteiger partial charge in [0.2, 0.25) is 0 Å². The van der Waals surface area contributed by atoms with Crippen LogP contribution in [-0.2, 0) is 9.53 Å². The fourth-order valence-corrected chi connectivity index (χ4v) is 1.60. The Hall–Kier alpha value is -1.55. The summed E-state index contributed by atoms with van der Waals surface area (Å²) in [5.74, 6) is 0.397. The summed E-state index contributed by atoms with van der Waals surface area (Å²) in [6.07, 6.45) is -0.706. The monoisotopic (exact) mass is 252 g/mol. The molecule has 0 bridgehead atoms. The van der Waals surface area contributed by atoms with E-state index >= 15 is 0 Å². The third-order valence-corrected chi connectivity index (χ3v) is 2.82. The predicted molar refractivity (Wildman–Crippen MR) is 68.4 cm³/mol. The maximum Gasteiger partial charge on any atom is 0.302 e. The van der Waals surface area contributed by atoms with Crippen molar-refractivity contribution in [1.29, 1.82) is 0 Å². The molecular formula is C14H20O4. The largest absolute Gasteiger partial charge is 0.497 e. The second-order valence-corrected chi connectivity index (χ2v) is 4.94. The summed E-state index contributed by atoms with van der Waals surface area (Å²) >= 11 is 0. The number of hydrogen-bond donors (Lipinski definition) is 1. The molecule has 1 aromatic rings. The van der Waals surface area contributed by atoms with E-state index in [1.54, 1.807) is 31.4 Å². The Balaban J connectivity index is 2.77. The number of carbonyl (C=O) groups is 1. The van der Waals surface area contributed by atoms with Gasteiger partial charge < -0.3 is 14.6 Å². The van der Waals surface area contributed by atoms with E-state index in [4.69, 9.17) is 9.47 Å². The minimum atomic E-state index is -0.706. The summed E-state index contributed by atoms with van der Waals surface area (Å²) in [5, 5.41) is 10.3. The minimum absolute atomic E-state index is 0.176. The smallest absolute Gasteiger partial charge is 0.302 e. The highest BCUT2D eigenvalue weighted by Crippen LogP contribution is 2.34. The molecule has 0 saturated heterocycles. The van der Waals surface area contributed by atoms with Crippen LogP contribution in [0, 0.1) is 5.41 Å². The van der Waals surface area contributed by atoms with Crippen molar-refractivity contribution < 1.29 is 19.4 Å². The zero-order chi connectivity index (χ0) is 13.8. The molecule has 0 aromatic heterocycles. The van der Waals surface area contributed by atoms with Crippen LogP contribution >= 0.6 is 0 Å². The quantitative estimate of drug-likeness (QED) is 0.817. The third-order valence-electron chi connectivity index (χ3n) is 2.82. The zero-order valence-corrected chi connectivity index (χ0v) is 11.3. The van der Waals surface area contributed by atoms with Crippen LogP contribution in [0.5, 0.6) is 5.75 Å².